The lowest BCUT2D eigenvalue weighted by Gasteiger charge is -2.08. The molecule has 0 aliphatic rings. The minimum atomic E-state index is -0.241. The van der Waals surface area contributed by atoms with Crippen LogP contribution in [0.4, 0.5) is 8.78 Å². The lowest BCUT2D eigenvalue weighted by molar-refractivity contribution is 0.593. The molecule has 0 aromatic heterocycles. The molecule has 0 aliphatic carbocycles. The van der Waals surface area contributed by atoms with Crippen molar-refractivity contribution in [2.75, 3.05) is 6.54 Å². The number of aryl methyl sites for hydroxylation is 1. The molecule has 2 aromatic rings. The van der Waals surface area contributed by atoms with E-state index < -0.39 is 0 Å². The molecule has 2 aromatic carbocycles. The highest BCUT2D eigenvalue weighted by Crippen LogP contribution is 2.24. The highest BCUT2D eigenvalue weighted by molar-refractivity contribution is 5.64. The van der Waals surface area contributed by atoms with E-state index in [-0.39, 0.29) is 11.6 Å². The van der Waals surface area contributed by atoms with Crippen LogP contribution in [0.2, 0.25) is 0 Å². The van der Waals surface area contributed by atoms with E-state index in [0.29, 0.717) is 17.7 Å². The van der Waals surface area contributed by atoms with Crippen LogP contribution in [0.1, 0.15) is 18.1 Å². The van der Waals surface area contributed by atoms with E-state index in [1.54, 1.807) is 25.1 Å². The van der Waals surface area contributed by atoms with Crippen LogP contribution in [0.5, 0.6) is 0 Å². The van der Waals surface area contributed by atoms with Gasteiger partial charge in [0.1, 0.15) is 11.6 Å². The maximum atomic E-state index is 13.6. The van der Waals surface area contributed by atoms with Crippen molar-refractivity contribution < 1.29 is 8.78 Å². The smallest absolute Gasteiger partial charge is 0.127 e. The van der Waals surface area contributed by atoms with Crippen molar-refractivity contribution in [1.82, 2.24) is 5.32 Å². The maximum absolute atomic E-state index is 13.6. The summed E-state index contributed by atoms with van der Waals surface area (Å²) in [7, 11) is 0. The summed E-state index contributed by atoms with van der Waals surface area (Å²) >= 11 is 0. The van der Waals surface area contributed by atoms with Gasteiger partial charge in [-0.2, -0.15) is 0 Å². The largest absolute Gasteiger partial charge is 0.313 e. The normalized spacial score (nSPS) is 10.7. The highest BCUT2D eigenvalue weighted by Gasteiger charge is 2.06. The molecule has 3 heteroatoms. The summed E-state index contributed by atoms with van der Waals surface area (Å²) in [4.78, 5) is 0. The second-order valence-corrected chi connectivity index (χ2v) is 4.55. The van der Waals surface area contributed by atoms with Gasteiger partial charge in [-0.15, -0.1) is 0 Å². The van der Waals surface area contributed by atoms with Gasteiger partial charge in [-0.05, 0) is 48.4 Å². The molecular weight excluding hydrogens is 244 g/mol. The van der Waals surface area contributed by atoms with Gasteiger partial charge in [0, 0.05) is 12.1 Å². The van der Waals surface area contributed by atoms with Crippen LogP contribution in [0.15, 0.2) is 36.4 Å². The molecule has 1 nitrogen and oxygen atoms in total. The quantitative estimate of drug-likeness (QED) is 0.875. The Morgan fingerprint density at radius 2 is 1.63 bits per heavy atom. The molecule has 0 bridgehead atoms. The highest BCUT2D eigenvalue weighted by atomic mass is 19.1. The molecule has 100 valence electrons. The minimum Gasteiger partial charge on any atom is -0.313 e. The van der Waals surface area contributed by atoms with Crippen LogP contribution in [0.3, 0.4) is 0 Å². The second kappa shape index (κ2) is 5.93. The van der Waals surface area contributed by atoms with Crippen molar-refractivity contribution in [1.29, 1.82) is 0 Å². The van der Waals surface area contributed by atoms with Gasteiger partial charge >= 0.3 is 0 Å². The fraction of sp³-hybridized carbons (Fsp3) is 0.250. The van der Waals surface area contributed by atoms with Crippen LogP contribution in [0.25, 0.3) is 11.1 Å². The van der Waals surface area contributed by atoms with E-state index in [4.69, 9.17) is 0 Å². The van der Waals surface area contributed by atoms with Gasteiger partial charge in [0.2, 0.25) is 0 Å². The number of rotatable bonds is 4. The molecule has 0 amide bonds. The number of hydrogen-bond acceptors (Lipinski definition) is 1. The molecule has 1 N–H and O–H groups in total. The summed E-state index contributed by atoms with van der Waals surface area (Å²) in [5.41, 5.74) is 2.80. The zero-order valence-corrected chi connectivity index (χ0v) is 11.1. The van der Waals surface area contributed by atoms with Gasteiger partial charge in [0.25, 0.3) is 0 Å². The van der Waals surface area contributed by atoms with E-state index in [1.165, 1.54) is 12.1 Å². The van der Waals surface area contributed by atoms with Gasteiger partial charge < -0.3 is 5.32 Å². The second-order valence-electron chi connectivity index (χ2n) is 4.55. The third kappa shape index (κ3) is 3.18. The summed E-state index contributed by atoms with van der Waals surface area (Å²) < 4.78 is 27.2. The van der Waals surface area contributed by atoms with Crippen LogP contribution in [0, 0.1) is 18.6 Å². The fourth-order valence-electron chi connectivity index (χ4n) is 1.92. The number of hydrogen-bond donors (Lipinski definition) is 1. The summed E-state index contributed by atoms with van der Waals surface area (Å²) in [6.45, 7) is 4.95. The van der Waals surface area contributed by atoms with Crippen molar-refractivity contribution in [2.45, 2.75) is 20.4 Å². The Bertz CT molecular complexity index is 579. The Morgan fingerprint density at radius 3 is 2.32 bits per heavy atom. The molecule has 2 rings (SSSR count). The Hall–Kier alpha value is -1.74. The lowest BCUT2D eigenvalue weighted by atomic mass is 10.0. The predicted molar refractivity (Wildman–Crippen MR) is 73.9 cm³/mol. The number of halogens is 2. The van der Waals surface area contributed by atoms with E-state index in [2.05, 4.69) is 5.32 Å². The van der Waals surface area contributed by atoms with E-state index in [0.717, 1.165) is 17.7 Å². The molecular formula is C16H17F2N. The van der Waals surface area contributed by atoms with Crippen LogP contribution < -0.4 is 5.32 Å². The van der Waals surface area contributed by atoms with Gasteiger partial charge in [0.05, 0.1) is 0 Å². The number of nitrogens with one attached hydrogen (secondary N) is 1. The topological polar surface area (TPSA) is 12.0 Å². The standard InChI is InChI=1S/C16H17F2N/c1-3-19-10-14-8-12(6-7-15(14)17)13-5-4-11(2)16(18)9-13/h4-9,19H,3,10H2,1-2H3. The minimum absolute atomic E-state index is 0.239. The summed E-state index contributed by atoms with van der Waals surface area (Å²) in [5, 5.41) is 3.09. The summed E-state index contributed by atoms with van der Waals surface area (Å²) in [6.07, 6.45) is 0. The Labute approximate surface area is 112 Å². The van der Waals surface area contributed by atoms with E-state index in [9.17, 15) is 8.78 Å². The molecule has 0 radical (unpaired) electrons. The Kier molecular flexibility index (Phi) is 4.27. The third-order valence-electron chi connectivity index (χ3n) is 3.12. The van der Waals surface area contributed by atoms with Crippen LogP contribution in [-0.2, 0) is 6.54 Å². The average molecular weight is 261 g/mol. The van der Waals surface area contributed by atoms with Gasteiger partial charge in [-0.1, -0.05) is 25.1 Å². The molecule has 0 aliphatic heterocycles. The van der Waals surface area contributed by atoms with Crippen molar-refractivity contribution in [3.8, 4) is 11.1 Å². The predicted octanol–water partition coefficient (Wildman–Crippen LogP) is 4.05. The monoisotopic (exact) mass is 261 g/mol. The molecule has 19 heavy (non-hydrogen) atoms. The third-order valence-corrected chi connectivity index (χ3v) is 3.12. The molecule has 0 spiro atoms. The molecule has 0 fully saturated rings. The molecule has 0 atom stereocenters. The fourth-order valence-corrected chi connectivity index (χ4v) is 1.92. The van der Waals surface area contributed by atoms with Gasteiger partial charge in [0.15, 0.2) is 0 Å². The zero-order chi connectivity index (χ0) is 13.8. The molecule has 0 saturated carbocycles. The zero-order valence-electron chi connectivity index (χ0n) is 11.1. The number of benzene rings is 2. The first kappa shape index (κ1) is 13.7. The van der Waals surface area contributed by atoms with Crippen molar-refractivity contribution >= 4 is 0 Å². The molecule has 0 heterocycles. The first-order valence-corrected chi connectivity index (χ1v) is 6.37. The SMILES string of the molecule is CCNCc1cc(-c2ccc(C)c(F)c2)ccc1F. The summed E-state index contributed by atoms with van der Waals surface area (Å²) in [6, 6.07) is 9.94. The van der Waals surface area contributed by atoms with Gasteiger partial charge in [-0.25, -0.2) is 8.78 Å². The van der Waals surface area contributed by atoms with Crippen LogP contribution >= 0.6 is 0 Å². The van der Waals surface area contributed by atoms with Crippen LogP contribution in [-0.4, -0.2) is 6.54 Å². The first-order chi connectivity index (χ1) is 9.11. The van der Waals surface area contributed by atoms with E-state index >= 15 is 0 Å². The Morgan fingerprint density at radius 1 is 0.947 bits per heavy atom. The summed E-state index contributed by atoms with van der Waals surface area (Å²) in [5.74, 6) is -0.479. The van der Waals surface area contributed by atoms with Crippen molar-refractivity contribution in [3.05, 3.63) is 59.2 Å². The van der Waals surface area contributed by atoms with E-state index in [1.807, 2.05) is 13.0 Å². The molecule has 0 saturated heterocycles. The maximum Gasteiger partial charge on any atom is 0.127 e. The molecule has 0 unspecified atom stereocenters. The average Bonchev–Trinajstić information content (AvgIpc) is 2.41. The van der Waals surface area contributed by atoms with Gasteiger partial charge in [-0.3, -0.25) is 0 Å². The van der Waals surface area contributed by atoms with Crippen molar-refractivity contribution in [3.63, 3.8) is 0 Å². The first-order valence-electron chi connectivity index (χ1n) is 6.37. The van der Waals surface area contributed by atoms with Crippen molar-refractivity contribution in [2.24, 2.45) is 0 Å². The lowest BCUT2D eigenvalue weighted by Crippen LogP contribution is -2.12. The Balaban J connectivity index is 2.36.